The summed E-state index contributed by atoms with van der Waals surface area (Å²) in [5.74, 6) is -2.38. The zero-order chi connectivity index (χ0) is 22.0. The summed E-state index contributed by atoms with van der Waals surface area (Å²) >= 11 is 0. The normalized spacial score (nSPS) is 14.0. The summed E-state index contributed by atoms with van der Waals surface area (Å²) < 4.78 is 30.9. The average Bonchev–Trinajstić information content (AvgIpc) is 3.47. The van der Waals surface area contributed by atoms with Gasteiger partial charge < -0.3 is 5.11 Å². The summed E-state index contributed by atoms with van der Waals surface area (Å²) in [6.07, 6.45) is 7.58. The lowest BCUT2D eigenvalue weighted by Crippen LogP contribution is -2.27. The van der Waals surface area contributed by atoms with E-state index in [1.54, 1.807) is 36.3 Å². The lowest BCUT2D eigenvalue weighted by Gasteiger charge is -2.29. The number of hydrogen-bond acceptors (Lipinski definition) is 6. The number of aliphatic hydroxyl groups is 1. The van der Waals surface area contributed by atoms with Crippen LogP contribution < -0.4 is 0 Å². The lowest BCUT2D eigenvalue weighted by molar-refractivity contribution is 0.0403. The minimum absolute atomic E-state index is 0.107. The maximum atomic E-state index is 14.7. The molecule has 0 saturated carbocycles. The first-order chi connectivity index (χ1) is 15.0. The number of nitrogens with zero attached hydrogens (tertiary/aromatic N) is 7. The quantitative estimate of drug-likeness (QED) is 0.512. The highest BCUT2D eigenvalue weighted by Crippen LogP contribution is 2.38. The van der Waals surface area contributed by atoms with Crippen LogP contribution in [0.15, 0.2) is 61.7 Å². The second-order valence-electron chi connectivity index (χ2n) is 6.96. The molecule has 4 aromatic rings. The molecule has 31 heavy (non-hydrogen) atoms. The van der Waals surface area contributed by atoms with Gasteiger partial charge in [-0.25, -0.2) is 18.4 Å². The van der Waals surface area contributed by atoms with Crippen LogP contribution in [0, 0.1) is 23.0 Å². The fourth-order valence-corrected chi connectivity index (χ4v) is 3.56. The molecule has 3 aromatic heterocycles. The Balaban J connectivity index is 1.75. The van der Waals surface area contributed by atoms with Crippen LogP contribution in [0.5, 0.6) is 0 Å². The molecule has 4 rings (SSSR count). The predicted octanol–water partition coefficient (Wildman–Crippen LogP) is 3.22. The van der Waals surface area contributed by atoms with Crippen LogP contribution in [0.2, 0.25) is 0 Å². The maximum Gasteiger partial charge on any atom is 0.157 e. The Bertz CT molecular complexity index is 1230. The highest BCUT2D eigenvalue weighted by Gasteiger charge is 2.33. The third-order valence-electron chi connectivity index (χ3n) is 5.14. The number of aromatic nitrogens is 6. The number of halogens is 2. The van der Waals surface area contributed by atoms with Crippen molar-refractivity contribution in [2.75, 3.05) is 0 Å². The Morgan fingerprint density at radius 1 is 1.10 bits per heavy atom. The van der Waals surface area contributed by atoms with Gasteiger partial charge in [0.25, 0.3) is 0 Å². The topological polar surface area (TPSA) is 105 Å². The molecule has 0 aliphatic rings. The number of benzene rings is 1. The van der Waals surface area contributed by atoms with E-state index in [-0.39, 0.29) is 5.56 Å². The Hall–Kier alpha value is -3.97. The van der Waals surface area contributed by atoms with Gasteiger partial charge in [-0.2, -0.15) is 15.5 Å². The summed E-state index contributed by atoms with van der Waals surface area (Å²) in [6, 6.07) is 6.42. The third kappa shape index (κ3) is 3.91. The number of hydrogen-bond donors (Lipinski definition) is 1. The molecule has 0 fully saturated rings. The van der Waals surface area contributed by atoms with Crippen LogP contribution >= 0.6 is 0 Å². The molecule has 8 nitrogen and oxygen atoms in total. The van der Waals surface area contributed by atoms with Gasteiger partial charge in [-0.05, 0) is 24.6 Å². The molecule has 0 saturated heterocycles. The van der Waals surface area contributed by atoms with Crippen molar-refractivity contribution >= 4 is 0 Å². The Labute approximate surface area is 176 Å². The van der Waals surface area contributed by atoms with Crippen molar-refractivity contribution in [2.45, 2.75) is 25.1 Å². The molecule has 0 aliphatic carbocycles. The number of nitriles is 1. The zero-order valence-corrected chi connectivity index (χ0v) is 16.3. The molecule has 10 heteroatoms. The van der Waals surface area contributed by atoms with E-state index in [2.05, 4.69) is 26.2 Å². The molecule has 3 heterocycles. The summed E-state index contributed by atoms with van der Waals surface area (Å²) in [7, 11) is 0. The zero-order valence-electron chi connectivity index (χ0n) is 16.3. The summed E-state index contributed by atoms with van der Waals surface area (Å²) in [4.78, 5) is 7.78. The molecular weight excluding hydrogens is 404 g/mol. The lowest BCUT2D eigenvalue weighted by atomic mass is 9.90. The van der Waals surface area contributed by atoms with Crippen LogP contribution in [0.1, 0.15) is 36.2 Å². The molecule has 156 valence electrons. The van der Waals surface area contributed by atoms with Gasteiger partial charge in [-0.1, -0.05) is 6.07 Å². The van der Waals surface area contributed by atoms with Crippen LogP contribution in [-0.2, 0) is 0 Å². The smallest absolute Gasteiger partial charge is 0.157 e. The van der Waals surface area contributed by atoms with Gasteiger partial charge >= 0.3 is 0 Å². The average molecular weight is 421 g/mol. The van der Waals surface area contributed by atoms with Crippen LogP contribution in [0.3, 0.4) is 0 Å². The number of pyridine rings is 1. The SMILES string of the molecule is CC(C(c1ccc(F)cc1F)C(O)n1cncn1)n1cc(-c2ccncc2C#N)cn1. The first-order valence-electron chi connectivity index (χ1n) is 9.35. The van der Waals surface area contributed by atoms with Crippen molar-refractivity contribution < 1.29 is 13.9 Å². The van der Waals surface area contributed by atoms with Gasteiger partial charge in [0, 0.05) is 35.8 Å². The highest BCUT2D eigenvalue weighted by molar-refractivity contribution is 5.68. The molecule has 0 bridgehead atoms. The van der Waals surface area contributed by atoms with Crippen LogP contribution in [-0.4, -0.2) is 34.6 Å². The summed E-state index contributed by atoms with van der Waals surface area (Å²) in [5, 5.41) is 28.6. The predicted molar refractivity (Wildman–Crippen MR) is 105 cm³/mol. The van der Waals surface area contributed by atoms with E-state index in [1.165, 1.54) is 29.6 Å². The van der Waals surface area contributed by atoms with Crippen molar-refractivity contribution in [1.82, 2.24) is 29.5 Å². The Morgan fingerprint density at radius 2 is 1.94 bits per heavy atom. The second-order valence-corrected chi connectivity index (χ2v) is 6.96. The van der Waals surface area contributed by atoms with Crippen molar-refractivity contribution in [1.29, 1.82) is 5.26 Å². The van der Waals surface area contributed by atoms with Crippen molar-refractivity contribution in [3.8, 4) is 17.2 Å². The van der Waals surface area contributed by atoms with Gasteiger partial charge in [-0.15, -0.1) is 0 Å². The minimum Gasteiger partial charge on any atom is -0.371 e. The third-order valence-corrected chi connectivity index (χ3v) is 5.14. The minimum atomic E-state index is -1.29. The molecule has 0 radical (unpaired) electrons. The molecule has 0 aliphatic heterocycles. The van der Waals surface area contributed by atoms with Crippen molar-refractivity contribution in [3.05, 3.63) is 84.5 Å². The van der Waals surface area contributed by atoms with E-state index in [9.17, 15) is 19.1 Å². The first-order valence-corrected chi connectivity index (χ1v) is 9.35. The van der Waals surface area contributed by atoms with Gasteiger partial charge in [0.15, 0.2) is 6.23 Å². The van der Waals surface area contributed by atoms with Gasteiger partial charge in [0.1, 0.15) is 30.4 Å². The molecule has 1 aromatic carbocycles. The molecule has 1 N–H and O–H groups in total. The van der Waals surface area contributed by atoms with E-state index in [0.29, 0.717) is 16.7 Å². The fourth-order valence-electron chi connectivity index (χ4n) is 3.56. The largest absolute Gasteiger partial charge is 0.371 e. The van der Waals surface area contributed by atoms with Gasteiger partial charge in [0.2, 0.25) is 0 Å². The fraction of sp³-hybridized carbons (Fsp3) is 0.190. The first kappa shape index (κ1) is 20.3. The molecular formula is C21H17F2N7O. The number of rotatable bonds is 6. The monoisotopic (exact) mass is 421 g/mol. The molecule has 3 unspecified atom stereocenters. The molecule has 0 spiro atoms. The maximum absolute atomic E-state index is 14.7. The number of aliphatic hydroxyl groups excluding tert-OH is 1. The van der Waals surface area contributed by atoms with Gasteiger partial charge in [0.05, 0.1) is 23.7 Å². The van der Waals surface area contributed by atoms with E-state index in [0.717, 1.165) is 12.1 Å². The Kier molecular flexibility index (Phi) is 5.51. The summed E-state index contributed by atoms with van der Waals surface area (Å²) in [5.41, 5.74) is 1.81. The molecule has 0 amide bonds. The highest BCUT2D eigenvalue weighted by atomic mass is 19.1. The Morgan fingerprint density at radius 3 is 2.65 bits per heavy atom. The van der Waals surface area contributed by atoms with Crippen molar-refractivity contribution in [2.24, 2.45) is 0 Å². The van der Waals surface area contributed by atoms with Crippen molar-refractivity contribution in [3.63, 3.8) is 0 Å². The second kappa shape index (κ2) is 8.41. The van der Waals surface area contributed by atoms with E-state index in [4.69, 9.17) is 0 Å². The van der Waals surface area contributed by atoms with Gasteiger partial charge in [-0.3, -0.25) is 9.67 Å². The molecule has 3 atom stereocenters. The summed E-state index contributed by atoms with van der Waals surface area (Å²) in [6.45, 7) is 1.75. The van der Waals surface area contributed by atoms with E-state index >= 15 is 0 Å². The standard InChI is InChI=1S/C21H17F2N7O/c1-13(29-10-15(9-27-29)17-4-5-25-8-14(17)7-24)20(21(31)30-12-26-11-28-30)18-3-2-16(22)6-19(18)23/h2-6,8-13,20-21,31H,1H3. The van der Waals surface area contributed by atoms with E-state index in [1.807, 2.05) is 0 Å². The van der Waals surface area contributed by atoms with Crippen LogP contribution in [0.25, 0.3) is 11.1 Å². The van der Waals surface area contributed by atoms with E-state index < -0.39 is 29.8 Å². The van der Waals surface area contributed by atoms with Crippen LogP contribution in [0.4, 0.5) is 8.78 Å².